The normalized spacial score (nSPS) is 10.9. The zero-order chi connectivity index (χ0) is 15.7. The Morgan fingerprint density at radius 2 is 2.00 bits per heavy atom. The fourth-order valence-electron chi connectivity index (χ4n) is 1.91. The van der Waals surface area contributed by atoms with Gasteiger partial charge < -0.3 is 20.3 Å². The maximum atomic E-state index is 5.04. The highest BCUT2D eigenvalue weighted by atomic mass is 127. The first-order valence-corrected chi connectivity index (χ1v) is 7.36. The first-order valence-electron chi connectivity index (χ1n) is 7.36. The van der Waals surface area contributed by atoms with E-state index in [0.29, 0.717) is 13.2 Å². The maximum absolute atomic E-state index is 5.04. The molecule has 0 unspecified atom stereocenters. The second-order valence-electron chi connectivity index (χ2n) is 5.12. The van der Waals surface area contributed by atoms with E-state index in [9.17, 15) is 0 Å². The molecule has 0 aliphatic heterocycles. The number of aryl methyl sites for hydroxylation is 1. The summed E-state index contributed by atoms with van der Waals surface area (Å²) >= 11 is 0. The van der Waals surface area contributed by atoms with Crippen molar-refractivity contribution in [3.63, 3.8) is 0 Å². The summed E-state index contributed by atoms with van der Waals surface area (Å²) in [5.74, 6) is 0.825. The summed E-state index contributed by atoms with van der Waals surface area (Å²) in [6, 6.07) is 6.46. The van der Waals surface area contributed by atoms with E-state index in [4.69, 9.17) is 4.74 Å². The van der Waals surface area contributed by atoms with E-state index < -0.39 is 0 Å². The van der Waals surface area contributed by atoms with Gasteiger partial charge in [-0.15, -0.1) is 24.0 Å². The van der Waals surface area contributed by atoms with Crippen molar-refractivity contribution in [1.82, 2.24) is 10.6 Å². The van der Waals surface area contributed by atoms with Crippen molar-refractivity contribution in [2.75, 3.05) is 45.8 Å². The zero-order valence-electron chi connectivity index (χ0n) is 14.3. The zero-order valence-corrected chi connectivity index (χ0v) is 16.6. The summed E-state index contributed by atoms with van der Waals surface area (Å²) in [5, 5.41) is 6.48. The van der Waals surface area contributed by atoms with Gasteiger partial charge in [0.25, 0.3) is 0 Å². The van der Waals surface area contributed by atoms with Crippen LogP contribution in [0.15, 0.2) is 23.2 Å². The number of halogens is 1. The van der Waals surface area contributed by atoms with Gasteiger partial charge in [-0.25, -0.2) is 4.99 Å². The number of guanidine groups is 1. The number of benzene rings is 1. The summed E-state index contributed by atoms with van der Waals surface area (Å²) < 4.78 is 5.04. The molecule has 0 spiro atoms. The summed E-state index contributed by atoms with van der Waals surface area (Å²) in [4.78, 5) is 6.72. The topological polar surface area (TPSA) is 48.9 Å². The molecule has 0 amide bonds. The largest absolute Gasteiger partial charge is 0.383 e. The van der Waals surface area contributed by atoms with Crippen molar-refractivity contribution in [2.24, 2.45) is 4.99 Å². The van der Waals surface area contributed by atoms with Crippen molar-refractivity contribution in [3.8, 4) is 0 Å². The van der Waals surface area contributed by atoms with Crippen molar-refractivity contribution >= 4 is 35.6 Å². The van der Waals surface area contributed by atoms with E-state index in [1.54, 1.807) is 7.11 Å². The standard InChI is InChI=1S/C16H28N4O.HI/c1-6-17-16(18-9-10-21-5)19-12-14-7-8-15(20(3)4)11-13(14)2;/h7-8,11H,6,9-10,12H2,1-5H3,(H2,17,18,19);1H. The molecular weight excluding hydrogens is 391 g/mol. The molecule has 0 radical (unpaired) electrons. The van der Waals surface area contributed by atoms with Crippen LogP contribution in [0.1, 0.15) is 18.1 Å². The Balaban J connectivity index is 0.00000441. The molecule has 0 atom stereocenters. The van der Waals surface area contributed by atoms with E-state index in [-0.39, 0.29) is 24.0 Å². The van der Waals surface area contributed by atoms with Gasteiger partial charge >= 0.3 is 0 Å². The molecule has 0 bridgehead atoms. The fraction of sp³-hybridized carbons (Fsp3) is 0.562. The lowest BCUT2D eigenvalue weighted by molar-refractivity contribution is 0.203. The molecule has 2 N–H and O–H groups in total. The molecule has 0 aliphatic rings. The maximum Gasteiger partial charge on any atom is 0.191 e. The Labute approximate surface area is 151 Å². The number of rotatable bonds is 7. The average molecular weight is 420 g/mol. The lowest BCUT2D eigenvalue weighted by Crippen LogP contribution is -2.38. The van der Waals surface area contributed by atoms with Crippen molar-refractivity contribution in [1.29, 1.82) is 0 Å². The van der Waals surface area contributed by atoms with Crippen molar-refractivity contribution in [2.45, 2.75) is 20.4 Å². The molecule has 0 aromatic heterocycles. The van der Waals surface area contributed by atoms with Gasteiger partial charge in [-0.1, -0.05) is 6.07 Å². The minimum atomic E-state index is 0. The second-order valence-corrected chi connectivity index (χ2v) is 5.12. The van der Waals surface area contributed by atoms with E-state index >= 15 is 0 Å². The van der Waals surface area contributed by atoms with Gasteiger partial charge in [-0.2, -0.15) is 0 Å². The molecule has 1 aromatic carbocycles. The lowest BCUT2D eigenvalue weighted by Gasteiger charge is -2.15. The van der Waals surface area contributed by atoms with E-state index in [0.717, 1.165) is 19.0 Å². The highest BCUT2D eigenvalue weighted by molar-refractivity contribution is 14.0. The number of aliphatic imine (C=N–C) groups is 1. The predicted molar refractivity (Wildman–Crippen MR) is 106 cm³/mol. The minimum Gasteiger partial charge on any atom is -0.383 e. The van der Waals surface area contributed by atoms with E-state index in [2.05, 4.69) is 66.7 Å². The molecule has 0 fully saturated rings. The van der Waals surface area contributed by atoms with Crippen LogP contribution >= 0.6 is 24.0 Å². The van der Waals surface area contributed by atoms with Gasteiger partial charge in [-0.05, 0) is 37.1 Å². The van der Waals surface area contributed by atoms with Crippen LogP contribution in [-0.2, 0) is 11.3 Å². The van der Waals surface area contributed by atoms with Crippen LogP contribution in [0, 0.1) is 6.92 Å². The Morgan fingerprint density at radius 1 is 1.27 bits per heavy atom. The Hall–Kier alpha value is -1.02. The van der Waals surface area contributed by atoms with Gasteiger partial charge in [0.15, 0.2) is 5.96 Å². The summed E-state index contributed by atoms with van der Waals surface area (Å²) in [5.41, 5.74) is 3.72. The predicted octanol–water partition coefficient (Wildman–Crippen LogP) is 2.38. The smallest absolute Gasteiger partial charge is 0.191 e. The van der Waals surface area contributed by atoms with Crippen LogP contribution in [0.25, 0.3) is 0 Å². The first-order chi connectivity index (χ1) is 10.1. The Bertz CT molecular complexity index is 463. The van der Waals surface area contributed by atoms with Crippen molar-refractivity contribution in [3.05, 3.63) is 29.3 Å². The number of hydrogen-bond acceptors (Lipinski definition) is 3. The van der Waals surface area contributed by atoms with Crippen LogP contribution < -0.4 is 15.5 Å². The number of methoxy groups -OCH3 is 1. The average Bonchev–Trinajstić information content (AvgIpc) is 2.45. The monoisotopic (exact) mass is 420 g/mol. The molecule has 22 heavy (non-hydrogen) atoms. The van der Waals surface area contributed by atoms with Crippen LogP contribution in [-0.4, -0.2) is 46.9 Å². The summed E-state index contributed by atoms with van der Waals surface area (Å²) in [7, 11) is 5.80. The Morgan fingerprint density at radius 3 is 2.55 bits per heavy atom. The first kappa shape index (κ1) is 21.0. The highest BCUT2D eigenvalue weighted by Crippen LogP contribution is 2.17. The third kappa shape index (κ3) is 7.31. The number of nitrogens with zero attached hydrogens (tertiary/aromatic N) is 2. The van der Waals surface area contributed by atoms with Gasteiger partial charge in [0, 0.05) is 40.0 Å². The number of anilines is 1. The SMILES string of the molecule is CCNC(=NCc1ccc(N(C)C)cc1C)NCCOC.I. The minimum absolute atomic E-state index is 0. The molecular formula is C16H29IN4O. The quantitative estimate of drug-likeness (QED) is 0.308. The summed E-state index contributed by atoms with van der Waals surface area (Å²) in [6.45, 7) is 7.12. The molecule has 0 saturated heterocycles. The number of ether oxygens (including phenoxy) is 1. The molecule has 5 nitrogen and oxygen atoms in total. The summed E-state index contributed by atoms with van der Waals surface area (Å²) in [6.07, 6.45) is 0. The second kappa shape index (κ2) is 11.5. The van der Waals surface area contributed by atoms with Crippen LogP contribution in [0.5, 0.6) is 0 Å². The van der Waals surface area contributed by atoms with Gasteiger partial charge in [-0.3, -0.25) is 0 Å². The third-order valence-corrected chi connectivity index (χ3v) is 3.19. The van der Waals surface area contributed by atoms with E-state index in [1.807, 2.05) is 0 Å². The van der Waals surface area contributed by atoms with Gasteiger partial charge in [0.2, 0.25) is 0 Å². The van der Waals surface area contributed by atoms with Gasteiger partial charge in [0.1, 0.15) is 0 Å². The number of nitrogens with one attached hydrogen (secondary N) is 2. The number of hydrogen-bond donors (Lipinski definition) is 2. The van der Waals surface area contributed by atoms with Crippen molar-refractivity contribution < 1.29 is 4.74 Å². The molecule has 0 saturated carbocycles. The van der Waals surface area contributed by atoms with Crippen LogP contribution in [0.4, 0.5) is 5.69 Å². The van der Waals surface area contributed by atoms with Crippen LogP contribution in [0.3, 0.4) is 0 Å². The highest BCUT2D eigenvalue weighted by Gasteiger charge is 2.02. The fourth-order valence-corrected chi connectivity index (χ4v) is 1.91. The third-order valence-electron chi connectivity index (χ3n) is 3.19. The molecule has 1 aromatic rings. The van der Waals surface area contributed by atoms with E-state index in [1.165, 1.54) is 16.8 Å². The molecule has 0 aliphatic carbocycles. The molecule has 126 valence electrons. The lowest BCUT2D eigenvalue weighted by atomic mass is 10.1. The molecule has 1 rings (SSSR count). The molecule has 6 heteroatoms. The Kier molecular flexibility index (Phi) is 11.0. The van der Waals surface area contributed by atoms with Crippen LogP contribution in [0.2, 0.25) is 0 Å². The van der Waals surface area contributed by atoms with Gasteiger partial charge in [0.05, 0.1) is 13.2 Å². The molecule has 0 heterocycles.